The van der Waals surface area contributed by atoms with Crippen molar-refractivity contribution >= 4 is 5.91 Å². The summed E-state index contributed by atoms with van der Waals surface area (Å²) in [5, 5.41) is 0. The van der Waals surface area contributed by atoms with Crippen molar-refractivity contribution in [1.82, 2.24) is 9.80 Å². The molecule has 1 heterocycles. The zero-order valence-electron chi connectivity index (χ0n) is 9.65. The third kappa shape index (κ3) is 2.90. The number of carbonyl (C=O) groups excluding carboxylic acids is 1. The van der Waals surface area contributed by atoms with Gasteiger partial charge < -0.3 is 16.4 Å². The average Bonchev–Trinajstić information content (AvgIpc) is 2.20. The third-order valence-corrected chi connectivity index (χ3v) is 3.12. The fraction of sp³-hybridized carbons (Fsp3) is 0.900. The van der Waals surface area contributed by atoms with Crippen LogP contribution >= 0.6 is 0 Å². The van der Waals surface area contributed by atoms with Crippen LogP contribution in [0.3, 0.4) is 0 Å². The number of likely N-dealkylation sites (N-methyl/N-ethyl adjacent to an activating group) is 1. The highest BCUT2D eigenvalue weighted by Crippen LogP contribution is 2.13. The van der Waals surface area contributed by atoms with Crippen molar-refractivity contribution < 1.29 is 4.79 Å². The minimum Gasteiger partial charge on any atom is -0.368 e. The Morgan fingerprint density at radius 2 is 2.20 bits per heavy atom. The van der Waals surface area contributed by atoms with Crippen molar-refractivity contribution in [3.63, 3.8) is 0 Å². The first-order valence-electron chi connectivity index (χ1n) is 5.53. The number of nitrogens with two attached hydrogens (primary N) is 2. The molecule has 88 valence electrons. The second kappa shape index (κ2) is 5.44. The van der Waals surface area contributed by atoms with Crippen LogP contribution in [0.5, 0.6) is 0 Å². The van der Waals surface area contributed by atoms with Crippen molar-refractivity contribution in [2.75, 3.05) is 33.2 Å². The fourth-order valence-corrected chi connectivity index (χ4v) is 2.24. The van der Waals surface area contributed by atoms with E-state index < -0.39 is 0 Å². The van der Waals surface area contributed by atoms with E-state index in [1.807, 2.05) is 6.92 Å². The molecular formula is C10H22N4O. The standard InChI is InChI=1S/C10H22N4O/c1-3-9(10(12)15)14-5-4-13(2)7-8(14)6-11/h8-9H,3-7,11H2,1-2H3,(H2,12,15). The van der Waals surface area contributed by atoms with Gasteiger partial charge in [-0.2, -0.15) is 0 Å². The molecule has 1 saturated heterocycles. The van der Waals surface area contributed by atoms with Gasteiger partial charge in [0.25, 0.3) is 0 Å². The van der Waals surface area contributed by atoms with Crippen LogP contribution in [0, 0.1) is 0 Å². The molecule has 0 bridgehead atoms. The van der Waals surface area contributed by atoms with Crippen LogP contribution in [0.15, 0.2) is 0 Å². The SMILES string of the molecule is CCC(C(N)=O)N1CCN(C)CC1CN. The van der Waals surface area contributed by atoms with Crippen molar-refractivity contribution in [3.8, 4) is 0 Å². The van der Waals surface area contributed by atoms with E-state index >= 15 is 0 Å². The van der Waals surface area contributed by atoms with Gasteiger partial charge in [-0.15, -0.1) is 0 Å². The highest BCUT2D eigenvalue weighted by Gasteiger charge is 2.31. The maximum atomic E-state index is 11.3. The normalized spacial score (nSPS) is 26.5. The van der Waals surface area contributed by atoms with Gasteiger partial charge in [-0.05, 0) is 13.5 Å². The van der Waals surface area contributed by atoms with Crippen LogP contribution in [0.2, 0.25) is 0 Å². The first kappa shape index (κ1) is 12.4. The smallest absolute Gasteiger partial charge is 0.234 e. The van der Waals surface area contributed by atoms with Gasteiger partial charge in [0.2, 0.25) is 5.91 Å². The maximum Gasteiger partial charge on any atom is 0.234 e. The topological polar surface area (TPSA) is 75.6 Å². The van der Waals surface area contributed by atoms with E-state index in [1.165, 1.54) is 0 Å². The highest BCUT2D eigenvalue weighted by atomic mass is 16.1. The molecule has 0 saturated carbocycles. The minimum absolute atomic E-state index is 0.160. The number of hydrogen-bond acceptors (Lipinski definition) is 4. The molecule has 1 aliphatic heterocycles. The number of nitrogens with zero attached hydrogens (tertiary/aromatic N) is 2. The number of amides is 1. The summed E-state index contributed by atoms with van der Waals surface area (Å²) >= 11 is 0. The van der Waals surface area contributed by atoms with Crippen molar-refractivity contribution in [1.29, 1.82) is 0 Å². The van der Waals surface area contributed by atoms with Crippen LogP contribution in [-0.4, -0.2) is 61.0 Å². The van der Waals surface area contributed by atoms with Gasteiger partial charge in [0, 0.05) is 32.2 Å². The van der Waals surface area contributed by atoms with E-state index in [4.69, 9.17) is 11.5 Å². The van der Waals surface area contributed by atoms with E-state index in [-0.39, 0.29) is 18.0 Å². The molecule has 0 radical (unpaired) electrons. The Kier molecular flexibility index (Phi) is 4.50. The number of rotatable bonds is 4. The lowest BCUT2D eigenvalue weighted by atomic mass is 10.1. The maximum absolute atomic E-state index is 11.3. The lowest BCUT2D eigenvalue weighted by Crippen LogP contribution is -2.60. The van der Waals surface area contributed by atoms with Crippen LogP contribution in [0.4, 0.5) is 0 Å². The molecule has 0 spiro atoms. The summed E-state index contributed by atoms with van der Waals surface area (Å²) in [6, 6.07) is 0.0912. The summed E-state index contributed by atoms with van der Waals surface area (Å²) in [6.45, 7) is 5.33. The molecule has 4 N–H and O–H groups in total. The lowest BCUT2D eigenvalue weighted by Gasteiger charge is -2.42. The van der Waals surface area contributed by atoms with Crippen LogP contribution in [0.1, 0.15) is 13.3 Å². The van der Waals surface area contributed by atoms with Gasteiger partial charge in [0.1, 0.15) is 0 Å². The van der Waals surface area contributed by atoms with E-state index in [0.717, 1.165) is 26.1 Å². The second-order valence-corrected chi connectivity index (χ2v) is 4.22. The molecule has 5 heteroatoms. The minimum atomic E-state index is -0.236. The zero-order chi connectivity index (χ0) is 11.4. The highest BCUT2D eigenvalue weighted by molar-refractivity contribution is 5.79. The summed E-state index contributed by atoms with van der Waals surface area (Å²) in [6.07, 6.45) is 0.759. The van der Waals surface area contributed by atoms with Gasteiger partial charge in [-0.1, -0.05) is 6.92 Å². The molecule has 2 unspecified atom stereocenters. The fourth-order valence-electron chi connectivity index (χ4n) is 2.24. The third-order valence-electron chi connectivity index (χ3n) is 3.12. The summed E-state index contributed by atoms with van der Waals surface area (Å²) in [7, 11) is 2.07. The molecular weight excluding hydrogens is 192 g/mol. The Morgan fingerprint density at radius 3 is 2.67 bits per heavy atom. The largest absolute Gasteiger partial charge is 0.368 e. The molecule has 0 aromatic rings. The number of carbonyl (C=O) groups is 1. The molecule has 1 fully saturated rings. The van der Waals surface area contributed by atoms with E-state index in [9.17, 15) is 4.79 Å². The molecule has 0 aliphatic carbocycles. The first-order valence-corrected chi connectivity index (χ1v) is 5.53. The summed E-state index contributed by atoms with van der Waals surface area (Å²) < 4.78 is 0. The summed E-state index contributed by atoms with van der Waals surface area (Å²) in [4.78, 5) is 15.7. The Bertz CT molecular complexity index is 221. The molecule has 1 aliphatic rings. The second-order valence-electron chi connectivity index (χ2n) is 4.22. The van der Waals surface area contributed by atoms with Gasteiger partial charge in [-0.3, -0.25) is 9.69 Å². The predicted octanol–water partition coefficient (Wildman–Crippen LogP) is -1.17. The lowest BCUT2D eigenvalue weighted by molar-refractivity contribution is -0.125. The monoisotopic (exact) mass is 214 g/mol. The Labute approximate surface area is 91.4 Å². The van der Waals surface area contributed by atoms with Gasteiger partial charge in [-0.25, -0.2) is 0 Å². The molecule has 5 nitrogen and oxygen atoms in total. The number of piperazine rings is 1. The van der Waals surface area contributed by atoms with Gasteiger partial charge in [0.15, 0.2) is 0 Å². The quantitative estimate of drug-likeness (QED) is 0.618. The Morgan fingerprint density at radius 1 is 1.53 bits per heavy atom. The number of primary amides is 1. The van der Waals surface area contributed by atoms with Gasteiger partial charge >= 0.3 is 0 Å². The number of hydrogen-bond donors (Lipinski definition) is 2. The van der Waals surface area contributed by atoms with Crippen molar-refractivity contribution in [3.05, 3.63) is 0 Å². The zero-order valence-corrected chi connectivity index (χ0v) is 9.65. The average molecular weight is 214 g/mol. The van der Waals surface area contributed by atoms with Crippen molar-refractivity contribution in [2.24, 2.45) is 11.5 Å². The first-order chi connectivity index (χ1) is 7.10. The molecule has 15 heavy (non-hydrogen) atoms. The predicted molar refractivity (Wildman–Crippen MR) is 60.3 cm³/mol. The molecule has 0 aromatic carbocycles. The van der Waals surface area contributed by atoms with Crippen molar-refractivity contribution in [2.45, 2.75) is 25.4 Å². The molecule has 0 aromatic heterocycles. The van der Waals surface area contributed by atoms with Crippen LogP contribution < -0.4 is 11.5 Å². The summed E-state index contributed by atoms with van der Waals surface area (Å²) in [5.41, 5.74) is 11.1. The molecule has 1 rings (SSSR count). The van der Waals surface area contributed by atoms with E-state index in [2.05, 4.69) is 16.8 Å². The Balaban J connectivity index is 2.69. The summed E-state index contributed by atoms with van der Waals surface area (Å²) in [5.74, 6) is -0.236. The van der Waals surface area contributed by atoms with Crippen LogP contribution in [-0.2, 0) is 4.79 Å². The molecule has 2 atom stereocenters. The van der Waals surface area contributed by atoms with Gasteiger partial charge in [0.05, 0.1) is 6.04 Å². The Hall–Kier alpha value is -0.650. The van der Waals surface area contributed by atoms with E-state index in [1.54, 1.807) is 0 Å². The van der Waals surface area contributed by atoms with Crippen LogP contribution in [0.25, 0.3) is 0 Å². The van der Waals surface area contributed by atoms with E-state index in [0.29, 0.717) is 6.54 Å². The molecule has 1 amide bonds.